The monoisotopic (exact) mass is 319 g/mol. The maximum Gasteiger partial charge on any atom is 0.410 e. The average molecular weight is 319 g/mol. The minimum absolute atomic E-state index is 0.0827. The number of carbonyl (C=O) groups is 1. The number of ether oxygens (including phenoxy) is 2. The fourth-order valence-corrected chi connectivity index (χ4v) is 3.80. The first-order valence-corrected chi connectivity index (χ1v) is 8.51. The molecule has 2 heterocycles. The zero-order valence-electron chi connectivity index (χ0n) is 13.6. The number of hydrogen-bond donors (Lipinski definition) is 1. The van der Waals surface area contributed by atoms with E-state index in [1.807, 2.05) is 37.3 Å². The summed E-state index contributed by atoms with van der Waals surface area (Å²) in [6.07, 6.45) is 2.49. The second kappa shape index (κ2) is 7.32. The lowest BCUT2D eigenvalue weighted by molar-refractivity contribution is -0.0304. The molecule has 2 saturated heterocycles. The largest absolute Gasteiger partial charge is 0.445 e. The van der Waals surface area contributed by atoms with Crippen LogP contribution in [-0.2, 0) is 16.1 Å². The highest BCUT2D eigenvalue weighted by molar-refractivity contribution is 5.69. The van der Waals surface area contributed by atoms with Gasteiger partial charge < -0.3 is 14.6 Å². The lowest BCUT2D eigenvalue weighted by atomic mass is 9.96. The lowest BCUT2D eigenvalue weighted by Crippen LogP contribution is -2.43. The summed E-state index contributed by atoms with van der Waals surface area (Å²) in [5.74, 6) is 0. The molecule has 0 aliphatic carbocycles. The van der Waals surface area contributed by atoms with Gasteiger partial charge in [-0.2, -0.15) is 0 Å². The zero-order chi connectivity index (χ0) is 16.2. The van der Waals surface area contributed by atoms with Crippen LogP contribution >= 0.6 is 0 Å². The highest BCUT2D eigenvalue weighted by atomic mass is 16.6. The molecule has 0 spiro atoms. The number of amides is 1. The smallest absolute Gasteiger partial charge is 0.410 e. The molecular weight excluding hydrogens is 294 g/mol. The van der Waals surface area contributed by atoms with Gasteiger partial charge >= 0.3 is 6.09 Å². The number of benzene rings is 1. The summed E-state index contributed by atoms with van der Waals surface area (Å²) >= 11 is 0. The second-order valence-electron chi connectivity index (χ2n) is 6.28. The van der Waals surface area contributed by atoms with E-state index in [2.05, 4.69) is 0 Å². The molecule has 1 N–H and O–H groups in total. The Hall–Kier alpha value is -1.59. The topological polar surface area (TPSA) is 59.0 Å². The molecule has 2 aliphatic rings. The van der Waals surface area contributed by atoms with Crippen molar-refractivity contribution in [1.29, 1.82) is 0 Å². The third kappa shape index (κ3) is 3.35. The SMILES string of the molecule is CCO[C@@H]1[C@@H](O)[C@H]2CCCC[C@@H]1N2C(=O)OCc1ccccc1. The Morgan fingerprint density at radius 1 is 1.22 bits per heavy atom. The molecule has 23 heavy (non-hydrogen) atoms. The molecule has 1 amide bonds. The van der Waals surface area contributed by atoms with E-state index in [-0.39, 0.29) is 30.9 Å². The highest BCUT2D eigenvalue weighted by Crippen LogP contribution is 2.37. The molecule has 2 fully saturated rings. The third-order valence-electron chi connectivity index (χ3n) is 4.85. The van der Waals surface area contributed by atoms with Gasteiger partial charge in [0, 0.05) is 6.61 Å². The lowest BCUT2D eigenvalue weighted by Gasteiger charge is -2.28. The van der Waals surface area contributed by atoms with Gasteiger partial charge in [0.15, 0.2) is 0 Å². The van der Waals surface area contributed by atoms with Gasteiger partial charge in [-0.15, -0.1) is 0 Å². The van der Waals surface area contributed by atoms with Crippen molar-refractivity contribution in [2.45, 2.75) is 63.5 Å². The summed E-state index contributed by atoms with van der Waals surface area (Å²) in [5.41, 5.74) is 0.963. The minimum Gasteiger partial charge on any atom is -0.445 e. The van der Waals surface area contributed by atoms with Gasteiger partial charge in [0.05, 0.1) is 12.1 Å². The van der Waals surface area contributed by atoms with Gasteiger partial charge in [0.1, 0.15) is 18.8 Å². The van der Waals surface area contributed by atoms with Crippen LogP contribution in [0.3, 0.4) is 0 Å². The number of aliphatic hydroxyl groups is 1. The van der Waals surface area contributed by atoms with Gasteiger partial charge in [-0.3, -0.25) is 4.90 Å². The van der Waals surface area contributed by atoms with Gasteiger partial charge in [0.2, 0.25) is 0 Å². The first-order valence-electron chi connectivity index (χ1n) is 8.51. The fourth-order valence-electron chi connectivity index (χ4n) is 3.80. The number of carbonyl (C=O) groups excluding carboxylic acids is 1. The van der Waals surface area contributed by atoms with E-state index in [0.29, 0.717) is 6.61 Å². The van der Waals surface area contributed by atoms with E-state index in [0.717, 1.165) is 31.2 Å². The molecule has 0 unspecified atom stereocenters. The maximum absolute atomic E-state index is 12.6. The number of hydrogen-bond acceptors (Lipinski definition) is 4. The molecule has 5 heteroatoms. The fraction of sp³-hybridized carbons (Fsp3) is 0.611. The summed E-state index contributed by atoms with van der Waals surface area (Å²) in [6.45, 7) is 2.71. The van der Waals surface area contributed by atoms with Gasteiger partial charge in [-0.05, 0) is 25.3 Å². The van der Waals surface area contributed by atoms with Crippen LogP contribution in [0.15, 0.2) is 30.3 Å². The van der Waals surface area contributed by atoms with Crippen molar-refractivity contribution in [3.63, 3.8) is 0 Å². The zero-order valence-corrected chi connectivity index (χ0v) is 13.6. The Labute approximate surface area is 137 Å². The van der Waals surface area contributed by atoms with Crippen molar-refractivity contribution < 1.29 is 19.4 Å². The van der Waals surface area contributed by atoms with Crippen LogP contribution < -0.4 is 0 Å². The Morgan fingerprint density at radius 3 is 2.61 bits per heavy atom. The average Bonchev–Trinajstić information content (AvgIpc) is 2.73. The van der Waals surface area contributed by atoms with Crippen molar-refractivity contribution in [1.82, 2.24) is 4.90 Å². The van der Waals surface area contributed by atoms with Crippen molar-refractivity contribution in [3.05, 3.63) is 35.9 Å². The van der Waals surface area contributed by atoms with Crippen LogP contribution in [-0.4, -0.2) is 47.0 Å². The molecular formula is C18H25NO4. The van der Waals surface area contributed by atoms with Gasteiger partial charge in [-0.1, -0.05) is 43.2 Å². The Morgan fingerprint density at radius 2 is 1.91 bits per heavy atom. The normalized spacial score (nSPS) is 30.1. The maximum atomic E-state index is 12.6. The minimum atomic E-state index is -0.621. The Bertz CT molecular complexity index is 521. The molecule has 2 bridgehead atoms. The highest BCUT2D eigenvalue weighted by Gasteiger charge is 2.52. The first kappa shape index (κ1) is 16.3. The molecule has 0 saturated carbocycles. The Kier molecular flexibility index (Phi) is 5.18. The summed E-state index contributed by atoms with van der Waals surface area (Å²) in [4.78, 5) is 14.4. The van der Waals surface area contributed by atoms with E-state index < -0.39 is 6.10 Å². The molecule has 3 rings (SSSR count). The van der Waals surface area contributed by atoms with Crippen LogP contribution in [0.25, 0.3) is 0 Å². The quantitative estimate of drug-likeness (QED) is 0.927. The molecule has 2 aliphatic heterocycles. The summed E-state index contributed by atoms with van der Waals surface area (Å²) < 4.78 is 11.2. The van der Waals surface area contributed by atoms with E-state index in [1.54, 1.807) is 4.90 Å². The van der Waals surface area contributed by atoms with E-state index in [9.17, 15) is 9.90 Å². The van der Waals surface area contributed by atoms with Gasteiger partial charge in [-0.25, -0.2) is 4.79 Å². The second-order valence-corrected chi connectivity index (χ2v) is 6.28. The summed E-state index contributed by atoms with van der Waals surface area (Å²) in [7, 11) is 0. The molecule has 0 radical (unpaired) electrons. The summed E-state index contributed by atoms with van der Waals surface area (Å²) in [5, 5.41) is 10.5. The van der Waals surface area contributed by atoms with Crippen LogP contribution in [0.5, 0.6) is 0 Å². The number of nitrogens with zero attached hydrogens (tertiary/aromatic N) is 1. The molecule has 5 nitrogen and oxygen atoms in total. The van der Waals surface area contributed by atoms with Crippen LogP contribution in [0, 0.1) is 0 Å². The molecule has 4 atom stereocenters. The molecule has 0 aromatic heterocycles. The van der Waals surface area contributed by atoms with Gasteiger partial charge in [0.25, 0.3) is 0 Å². The summed E-state index contributed by atoms with van der Waals surface area (Å²) in [6, 6.07) is 9.37. The van der Waals surface area contributed by atoms with E-state index >= 15 is 0 Å². The Balaban J connectivity index is 1.70. The number of rotatable bonds is 4. The number of fused-ring (bicyclic) bond motifs is 2. The van der Waals surface area contributed by atoms with Crippen LogP contribution in [0.2, 0.25) is 0 Å². The standard InChI is InChI=1S/C18H25NO4/c1-2-22-17-15-11-7-6-10-14(16(17)20)19(15)18(21)23-12-13-8-4-3-5-9-13/h3-5,8-9,14-17,20H,2,6-7,10-12H2,1H3/t14-,15+,16+,17+/m1/s1. The first-order chi connectivity index (χ1) is 11.2. The predicted octanol–water partition coefficient (Wildman–Crippen LogP) is 2.72. The van der Waals surface area contributed by atoms with Crippen molar-refractivity contribution >= 4 is 6.09 Å². The van der Waals surface area contributed by atoms with E-state index in [4.69, 9.17) is 9.47 Å². The van der Waals surface area contributed by atoms with Crippen molar-refractivity contribution in [3.8, 4) is 0 Å². The predicted molar refractivity (Wildman–Crippen MR) is 85.9 cm³/mol. The van der Waals surface area contributed by atoms with E-state index in [1.165, 1.54) is 0 Å². The van der Waals surface area contributed by atoms with Crippen molar-refractivity contribution in [2.75, 3.05) is 6.61 Å². The molecule has 1 aromatic carbocycles. The third-order valence-corrected chi connectivity index (χ3v) is 4.85. The molecule has 1 aromatic rings. The van der Waals surface area contributed by atoms with Crippen molar-refractivity contribution in [2.24, 2.45) is 0 Å². The molecule has 126 valence electrons. The number of aliphatic hydroxyl groups excluding tert-OH is 1. The van der Waals surface area contributed by atoms with Crippen LogP contribution in [0.1, 0.15) is 38.2 Å². The van der Waals surface area contributed by atoms with Crippen LogP contribution in [0.4, 0.5) is 4.79 Å².